The summed E-state index contributed by atoms with van der Waals surface area (Å²) in [5.41, 5.74) is 0. The third-order valence-corrected chi connectivity index (χ3v) is 15.3. The topological polar surface area (TPSA) is 78.9 Å². The van der Waals surface area contributed by atoms with Crippen molar-refractivity contribution < 1.29 is 28.6 Å². The van der Waals surface area contributed by atoms with Crippen molar-refractivity contribution in [1.29, 1.82) is 0 Å². The van der Waals surface area contributed by atoms with Crippen molar-refractivity contribution in [1.82, 2.24) is 0 Å². The molecule has 0 fully saturated rings. The number of hydrogen-bond donors (Lipinski definition) is 0. The zero-order valence-electron chi connectivity index (χ0n) is 54.7. The molecule has 0 aromatic rings. The van der Waals surface area contributed by atoms with Crippen LogP contribution in [0.15, 0.2) is 109 Å². The van der Waals surface area contributed by atoms with Gasteiger partial charge in [-0.2, -0.15) is 0 Å². The molecule has 0 aromatic heterocycles. The molecule has 0 spiro atoms. The summed E-state index contributed by atoms with van der Waals surface area (Å²) < 4.78 is 16.9. The molecule has 1 unspecified atom stereocenters. The van der Waals surface area contributed by atoms with Crippen LogP contribution in [0.25, 0.3) is 0 Å². The van der Waals surface area contributed by atoms with Gasteiger partial charge < -0.3 is 14.2 Å². The molecule has 0 N–H and O–H groups in total. The van der Waals surface area contributed by atoms with E-state index < -0.39 is 6.10 Å². The summed E-state index contributed by atoms with van der Waals surface area (Å²) >= 11 is 0. The molecule has 0 heterocycles. The summed E-state index contributed by atoms with van der Waals surface area (Å²) in [7, 11) is 0. The Morgan fingerprint density at radius 1 is 0.253 bits per heavy atom. The van der Waals surface area contributed by atoms with E-state index in [0.717, 1.165) is 122 Å². The van der Waals surface area contributed by atoms with Crippen LogP contribution < -0.4 is 0 Å². The lowest BCUT2D eigenvalue weighted by Crippen LogP contribution is -2.30. The zero-order chi connectivity index (χ0) is 59.9. The van der Waals surface area contributed by atoms with Crippen LogP contribution in [0.3, 0.4) is 0 Å². The highest BCUT2D eigenvalue weighted by Gasteiger charge is 2.19. The highest BCUT2D eigenvalue weighted by molar-refractivity contribution is 5.71. The van der Waals surface area contributed by atoms with E-state index in [-0.39, 0.29) is 31.1 Å². The Labute approximate surface area is 514 Å². The molecule has 0 aromatic carbocycles. The predicted molar refractivity (Wildman–Crippen MR) is 362 cm³/mol. The quantitative estimate of drug-likeness (QED) is 0.0261. The Kier molecular flexibility index (Phi) is 67.2. The first-order valence-corrected chi connectivity index (χ1v) is 35.4. The summed E-state index contributed by atoms with van der Waals surface area (Å²) in [4.78, 5) is 38.3. The number of allylic oxidation sites excluding steroid dienone is 18. The second-order valence-corrected chi connectivity index (χ2v) is 23.4. The average Bonchev–Trinajstić information content (AvgIpc) is 3.49. The van der Waals surface area contributed by atoms with Crippen molar-refractivity contribution in [2.24, 2.45) is 0 Å². The first-order valence-electron chi connectivity index (χ1n) is 35.4. The van der Waals surface area contributed by atoms with E-state index in [1.165, 1.54) is 180 Å². The van der Waals surface area contributed by atoms with E-state index in [2.05, 4.69) is 130 Å². The molecule has 0 radical (unpaired) electrons. The molecule has 476 valence electrons. The van der Waals surface area contributed by atoms with Crippen molar-refractivity contribution in [3.05, 3.63) is 109 Å². The third-order valence-electron chi connectivity index (χ3n) is 15.3. The number of ether oxygens (including phenoxy) is 3. The SMILES string of the molecule is CC/C=C\C/C=C\C/C=C\C/C=C\C/C=C\CCCCCCCCCC(=O)OC(COC(=O)CCCCCCCCCCC)COC(=O)CCCCCCCCCCCCCCCCCCCCCC/C=C\C/C=C\C/C=C\C/C=C\CC. The summed E-state index contributed by atoms with van der Waals surface area (Å²) in [6.45, 7) is 6.42. The fraction of sp³-hybridized carbons (Fsp3) is 0.727. The number of hydrogen-bond acceptors (Lipinski definition) is 6. The van der Waals surface area contributed by atoms with Crippen molar-refractivity contribution in [3.63, 3.8) is 0 Å². The first kappa shape index (κ1) is 79.1. The van der Waals surface area contributed by atoms with Crippen LogP contribution in [0.5, 0.6) is 0 Å². The molecule has 6 nitrogen and oxygen atoms in total. The molecular weight excluding hydrogens is 1020 g/mol. The van der Waals surface area contributed by atoms with Crippen molar-refractivity contribution in [2.75, 3.05) is 13.2 Å². The molecule has 0 bridgehead atoms. The highest BCUT2D eigenvalue weighted by Crippen LogP contribution is 2.18. The Balaban J connectivity index is 4.11. The molecule has 0 aliphatic heterocycles. The maximum atomic E-state index is 12.9. The Hall–Kier alpha value is -3.93. The van der Waals surface area contributed by atoms with E-state index in [1.807, 2.05) is 0 Å². The summed E-state index contributed by atoms with van der Waals surface area (Å²) in [6, 6.07) is 0. The molecule has 0 aliphatic rings. The lowest BCUT2D eigenvalue weighted by atomic mass is 10.0. The summed E-state index contributed by atoms with van der Waals surface area (Å²) in [6.07, 6.45) is 97.1. The van der Waals surface area contributed by atoms with E-state index in [4.69, 9.17) is 14.2 Å². The van der Waals surface area contributed by atoms with Crippen LogP contribution >= 0.6 is 0 Å². The Morgan fingerprint density at radius 3 is 0.735 bits per heavy atom. The Morgan fingerprint density at radius 2 is 0.470 bits per heavy atom. The van der Waals surface area contributed by atoms with Gasteiger partial charge in [0.1, 0.15) is 13.2 Å². The fourth-order valence-electron chi connectivity index (χ4n) is 10.1. The van der Waals surface area contributed by atoms with Gasteiger partial charge in [-0.25, -0.2) is 0 Å². The second-order valence-electron chi connectivity index (χ2n) is 23.4. The monoisotopic (exact) mass is 1150 g/mol. The second kappa shape index (κ2) is 70.6. The molecular formula is C77H132O6. The van der Waals surface area contributed by atoms with Crippen LogP contribution in [0, 0.1) is 0 Å². The van der Waals surface area contributed by atoms with Crippen molar-refractivity contribution in [2.45, 2.75) is 348 Å². The summed E-state index contributed by atoms with van der Waals surface area (Å²) in [5.74, 6) is -0.878. The standard InChI is InChI=1S/C77H132O6/c1-4-7-10-13-16-19-21-23-25-27-29-31-33-34-35-36-37-38-39-40-41-42-44-45-47-49-51-53-55-58-61-64-67-70-76(79)82-73-74(72-81-75(78)69-66-63-60-57-18-15-12-9-6-3)83-77(80)71-68-65-62-59-56-54-52-50-48-46-43-32-30-28-26-24-22-20-17-14-11-8-5-2/h7-8,10-11,16-17,19-20,23-26,29-32,46,48,74H,4-6,9,12-15,18,21-22,27-28,33-45,47,49-73H2,1-3H3/b10-7-,11-8-,19-16-,20-17-,25-23-,26-24-,31-29-,32-30-,48-46-. The van der Waals surface area contributed by atoms with E-state index in [1.54, 1.807) is 0 Å². The average molecular weight is 1150 g/mol. The van der Waals surface area contributed by atoms with Crippen LogP contribution in [0.2, 0.25) is 0 Å². The normalized spacial score (nSPS) is 12.8. The third kappa shape index (κ3) is 68.7. The first-order chi connectivity index (χ1) is 41.0. The van der Waals surface area contributed by atoms with Crippen LogP contribution in [0.4, 0.5) is 0 Å². The number of rotatable bonds is 64. The van der Waals surface area contributed by atoms with Crippen LogP contribution in [-0.2, 0) is 28.6 Å². The molecule has 83 heavy (non-hydrogen) atoms. The number of esters is 3. The number of carbonyl (C=O) groups excluding carboxylic acids is 3. The van der Waals surface area contributed by atoms with E-state index in [0.29, 0.717) is 19.3 Å². The maximum Gasteiger partial charge on any atom is 0.306 e. The van der Waals surface area contributed by atoms with Crippen LogP contribution in [-0.4, -0.2) is 37.2 Å². The lowest BCUT2D eigenvalue weighted by molar-refractivity contribution is -0.167. The minimum absolute atomic E-state index is 0.0786. The minimum Gasteiger partial charge on any atom is -0.462 e. The van der Waals surface area contributed by atoms with E-state index >= 15 is 0 Å². The van der Waals surface area contributed by atoms with Crippen molar-refractivity contribution in [3.8, 4) is 0 Å². The Bertz CT molecular complexity index is 1660. The summed E-state index contributed by atoms with van der Waals surface area (Å²) in [5, 5.41) is 0. The van der Waals surface area contributed by atoms with Gasteiger partial charge in [0.15, 0.2) is 6.10 Å². The molecule has 6 heteroatoms. The molecule has 0 saturated carbocycles. The molecule has 0 amide bonds. The minimum atomic E-state index is -0.782. The lowest BCUT2D eigenvalue weighted by Gasteiger charge is -2.18. The predicted octanol–water partition coefficient (Wildman–Crippen LogP) is 24.6. The van der Waals surface area contributed by atoms with Gasteiger partial charge in [-0.3, -0.25) is 14.4 Å². The number of carbonyl (C=O) groups is 3. The number of unbranched alkanes of at least 4 members (excludes halogenated alkanes) is 35. The smallest absolute Gasteiger partial charge is 0.306 e. The highest BCUT2D eigenvalue weighted by atomic mass is 16.6. The van der Waals surface area contributed by atoms with Gasteiger partial charge in [0.05, 0.1) is 0 Å². The fourth-order valence-corrected chi connectivity index (χ4v) is 10.1. The molecule has 0 rings (SSSR count). The largest absolute Gasteiger partial charge is 0.462 e. The van der Waals surface area contributed by atoms with Gasteiger partial charge in [-0.15, -0.1) is 0 Å². The van der Waals surface area contributed by atoms with Crippen LogP contribution in [0.1, 0.15) is 342 Å². The van der Waals surface area contributed by atoms with Gasteiger partial charge in [0, 0.05) is 19.3 Å². The molecule has 0 aliphatic carbocycles. The van der Waals surface area contributed by atoms with E-state index in [9.17, 15) is 14.4 Å². The van der Waals surface area contributed by atoms with Gasteiger partial charge in [0.2, 0.25) is 0 Å². The maximum absolute atomic E-state index is 12.9. The van der Waals surface area contributed by atoms with Crippen molar-refractivity contribution >= 4 is 17.9 Å². The molecule has 1 atom stereocenters. The van der Waals surface area contributed by atoms with Gasteiger partial charge in [-0.1, -0.05) is 329 Å². The molecule has 0 saturated heterocycles. The zero-order valence-corrected chi connectivity index (χ0v) is 54.7. The van der Waals surface area contributed by atoms with Gasteiger partial charge in [-0.05, 0) is 103 Å². The van der Waals surface area contributed by atoms with Gasteiger partial charge in [0.25, 0.3) is 0 Å². The van der Waals surface area contributed by atoms with Gasteiger partial charge >= 0.3 is 17.9 Å².